The Labute approximate surface area is 196 Å². The monoisotopic (exact) mass is 509 g/mol. The van der Waals surface area contributed by atoms with Gasteiger partial charge in [-0.15, -0.1) is 11.3 Å². The molecule has 0 bridgehead atoms. The summed E-state index contributed by atoms with van der Waals surface area (Å²) in [7, 11) is -3.91. The van der Waals surface area contributed by atoms with Gasteiger partial charge in [-0.2, -0.15) is 13.2 Å². The van der Waals surface area contributed by atoms with Gasteiger partial charge in [-0.1, -0.05) is 12.1 Å². The van der Waals surface area contributed by atoms with E-state index >= 15 is 0 Å². The molecule has 12 heteroatoms. The molecule has 0 saturated carbocycles. The number of hydrogen-bond acceptors (Lipinski definition) is 7. The highest BCUT2D eigenvalue weighted by molar-refractivity contribution is 7.93. The van der Waals surface area contributed by atoms with Crippen molar-refractivity contribution >= 4 is 37.3 Å². The molecule has 34 heavy (non-hydrogen) atoms. The molecule has 4 rings (SSSR count). The lowest BCUT2D eigenvalue weighted by molar-refractivity contribution is -0.137. The number of aliphatic hydroxyl groups excluding tert-OH is 2. The van der Waals surface area contributed by atoms with E-state index in [2.05, 4.69) is 14.7 Å². The van der Waals surface area contributed by atoms with Crippen molar-refractivity contribution in [3.8, 4) is 11.3 Å². The topological polar surface area (TPSA) is 112 Å². The van der Waals surface area contributed by atoms with Crippen LogP contribution in [0.2, 0.25) is 0 Å². The zero-order valence-electron chi connectivity index (χ0n) is 17.3. The third-order valence-electron chi connectivity index (χ3n) is 5.05. The molecular weight excluding hydrogens is 491 g/mol. The number of thiazole rings is 1. The third-order valence-corrected chi connectivity index (χ3v) is 7.21. The van der Waals surface area contributed by atoms with Crippen molar-refractivity contribution in [1.82, 2.24) is 9.97 Å². The minimum absolute atomic E-state index is 0.0179. The first-order valence-electron chi connectivity index (χ1n) is 9.89. The predicted molar refractivity (Wildman–Crippen MR) is 122 cm³/mol. The predicted octanol–water partition coefficient (Wildman–Crippen LogP) is 4.07. The number of nitrogens with one attached hydrogen (secondary N) is 1. The number of fused-ring (bicyclic) bond motifs is 1. The SMILES string of the molecule is O=S(=O)(Nc1nccs1)c1ccc2c(-c3ccc(C(F)(F)F)cc3CC(O)CO)nccc2c1. The van der Waals surface area contributed by atoms with Crippen LogP contribution in [0.4, 0.5) is 18.3 Å². The normalized spacial score (nSPS) is 13.2. The molecule has 0 aliphatic carbocycles. The summed E-state index contributed by atoms with van der Waals surface area (Å²) in [5, 5.41) is 21.9. The highest BCUT2D eigenvalue weighted by atomic mass is 32.2. The Hall–Kier alpha value is -3.06. The molecule has 4 aromatic rings. The van der Waals surface area contributed by atoms with Gasteiger partial charge in [-0.3, -0.25) is 9.71 Å². The van der Waals surface area contributed by atoms with Crippen LogP contribution >= 0.6 is 11.3 Å². The lowest BCUT2D eigenvalue weighted by Gasteiger charge is -2.17. The highest BCUT2D eigenvalue weighted by Crippen LogP contribution is 2.36. The minimum Gasteiger partial charge on any atom is -0.394 e. The molecule has 0 saturated heterocycles. The van der Waals surface area contributed by atoms with Crippen molar-refractivity contribution < 1.29 is 31.8 Å². The Balaban J connectivity index is 1.81. The Morgan fingerprint density at radius 2 is 1.85 bits per heavy atom. The number of pyridine rings is 1. The maximum absolute atomic E-state index is 13.3. The van der Waals surface area contributed by atoms with Crippen LogP contribution in [0.3, 0.4) is 0 Å². The summed E-state index contributed by atoms with van der Waals surface area (Å²) in [6.07, 6.45) is -3.18. The molecule has 2 aromatic carbocycles. The van der Waals surface area contributed by atoms with Gasteiger partial charge in [0, 0.05) is 35.1 Å². The summed E-state index contributed by atoms with van der Waals surface area (Å²) in [5.74, 6) is 0. The zero-order chi connectivity index (χ0) is 24.5. The number of rotatable bonds is 7. The van der Waals surface area contributed by atoms with E-state index in [1.807, 2.05) is 0 Å². The number of aliphatic hydroxyl groups is 2. The van der Waals surface area contributed by atoms with Crippen LogP contribution in [0.15, 0.2) is 65.1 Å². The first-order chi connectivity index (χ1) is 16.1. The number of halogens is 3. The molecule has 2 aromatic heterocycles. The Morgan fingerprint density at radius 3 is 2.53 bits per heavy atom. The van der Waals surface area contributed by atoms with E-state index in [0.29, 0.717) is 22.0 Å². The van der Waals surface area contributed by atoms with E-state index in [9.17, 15) is 31.8 Å². The number of aromatic nitrogens is 2. The zero-order valence-corrected chi connectivity index (χ0v) is 19.0. The van der Waals surface area contributed by atoms with E-state index in [1.54, 1.807) is 11.4 Å². The molecular formula is C22H18F3N3O4S2. The lowest BCUT2D eigenvalue weighted by Crippen LogP contribution is -2.16. The fraction of sp³-hybridized carbons (Fsp3) is 0.182. The standard InChI is InChI=1S/C22H18F3N3O4S2/c23-22(24,25)15-1-3-19(14(9-15)10-16(30)12-29)20-18-4-2-17(11-13(18)5-6-26-20)34(31,32)28-21-27-7-8-33-21/h1-9,11,16,29-30H,10,12H2,(H,27,28). The third kappa shape index (κ3) is 5.04. The number of alkyl halides is 3. The minimum atomic E-state index is -4.59. The van der Waals surface area contributed by atoms with Crippen molar-refractivity contribution in [3.05, 3.63) is 71.4 Å². The maximum atomic E-state index is 13.3. The highest BCUT2D eigenvalue weighted by Gasteiger charge is 2.31. The van der Waals surface area contributed by atoms with Crippen LogP contribution in [0.1, 0.15) is 11.1 Å². The van der Waals surface area contributed by atoms with Gasteiger partial charge in [0.2, 0.25) is 0 Å². The number of nitrogens with zero attached hydrogens (tertiary/aromatic N) is 2. The number of anilines is 1. The average Bonchev–Trinajstić information content (AvgIpc) is 3.30. The van der Waals surface area contributed by atoms with Crippen molar-refractivity contribution in [2.45, 2.75) is 23.6 Å². The molecule has 0 amide bonds. The lowest BCUT2D eigenvalue weighted by atomic mass is 9.94. The molecule has 7 nitrogen and oxygen atoms in total. The van der Waals surface area contributed by atoms with E-state index in [4.69, 9.17) is 0 Å². The number of benzene rings is 2. The van der Waals surface area contributed by atoms with Crippen LogP contribution in [0.5, 0.6) is 0 Å². The van der Waals surface area contributed by atoms with Crippen LogP contribution in [0.25, 0.3) is 22.0 Å². The molecule has 178 valence electrons. The Bertz CT molecular complexity index is 1430. The molecule has 0 aliphatic heterocycles. The molecule has 0 aliphatic rings. The van der Waals surface area contributed by atoms with Gasteiger partial charge in [-0.25, -0.2) is 13.4 Å². The molecule has 0 radical (unpaired) electrons. The molecule has 3 N–H and O–H groups in total. The second kappa shape index (κ2) is 9.29. The molecule has 1 unspecified atom stereocenters. The second-order valence-electron chi connectivity index (χ2n) is 7.40. The smallest absolute Gasteiger partial charge is 0.394 e. The molecule has 0 spiro atoms. The van der Waals surface area contributed by atoms with Crippen LogP contribution in [0, 0.1) is 0 Å². The van der Waals surface area contributed by atoms with Crippen LogP contribution < -0.4 is 4.72 Å². The molecule has 2 heterocycles. The van der Waals surface area contributed by atoms with Crippen LogP contribution in [-0.2, 0) is 22.6 Å². The average molecular weight is 510 g/mol. The summed E-state index contributed by atoms with van der Waals surface area (Å²) >= 11 is 1.13. The van der Waals surface area contributed by atoms with Gasteiger partial charge in [-0.05, 0) is 41.3 Å². The summed E-state index contributed by atoms with van der Waals surface area (Å²) < 4.78 is 67.6. The van der Waals surface area contributed by atoms with Crippen molar-refractivity contribution in [1.29, 1.82) is 0 Å². The van der Waals surface area contributed by atoms with E-state index in [1.165, 1.54) is 36.7 Å². The van der Waals surface area contributed by atoms with Crippen LogP contribution in [-0.4, -0.2) is 41.3 Å². The second-order valence-corrected chi connectivity index (χ2v) is 9.97. The number of sulfonamides is 1. The molecule has 1 atom stereocenters. The fourth-order valence-corrected chi connectivity index (χ4v) is 5.30. The first-order valence-corrected chi connectivity index (χ1v) is 12.3. The summed E-state index contributed by atoms with van der Waals surface area (Å²) in [6, 6.07) is 9.02. The van der Waals surface area contributed by atoms with Crippen molar-refractivity contribution in [3.63, 3.8) is 0 Å². The Kier molecular flexibility index (Phi) is 6.58. The number of hydrogen-bond donors (Lipinski definition) is 3. The van der Waals surface area contributed by atoms with Gasteiger partial charge in [0.25, 0.3) is 10.0 Å². The van der Waals surface area contributed by atoms with Crippen molar-refractivity contribution in [2.24, 2.45) is 0 Å². The molecule has 0 fully saturated rings. The van der Waals surface area contributed by atoms with Gasteiger partial charge < -0.3 is 10.2 Å². The van der Waals surface area contributed by atoms with E-state index in [-0.39, 0.29) is 22.0 Å². The quantitative estimate of drug-likeness (QED) is 0.346. The summed E-state index contributed by atoms with van der Waals surface area (Å²) in [6.45, 7) is -0.619. The van der Waals surface area contributed by atoms with Gasteiger partial charge in [0.1, 0.15) is 0 Å². The maximum Gasteiger partial charge on any atom is 0.416 e. The van der Waals surface area contributed by atoms with E-state index in [0.717, 1.165) is 23.5 Å². The fourth-order valence-electron chi connectivity index (χ4n) is 3.47. The van der Waals surface area contributed by atoms with E-state index < -0.39 is 34.5 Å². The van der Waals surface area contributed by atoms with Gasteiger partial charge >= 0.3 is 6.18 Å². The van der Waals surface area contributed by atoms with Gasteiger partial charge in [0.05, 0.1) is 28.9 Å². The largest absolute Gasteiger partial charge is 0.416 e. The van der Waals surface area contributed by atoms with Gasteiger partial charge in [0.15, 0.2) is 5.13 Å². The Morgan fingerprint density at radius 1 is 1.06 bits per heavy atom. The van der Waals surface area contributed by atoms with Crippen molar-refractivity contribution in [2.75, 3.05) is 11.3 Å². The summed E-state index contributed by atoms with van der Waals surface area (Å²) in [5.41, 5.74) is -0.0809. The first kappa shape index (κ1) is 24.1. The summed E-state index contributed by atoms with van der Waals surface area (Å²) in [4.78, 5) is 8.21.